The van der Waals surface area contributed by atoms with E-state index in [4.69, 9.17) is 11.5 Å². The number of aromatic nitrogens is 4. The van der Waals surface area contributed by atoms with Gasteiger partial charge in [-0.05, 0) is 6.33 Å². The van der Waals surface area contributed by atoms with E-state index in [1.54, 1.807) is 0 Å². The SMILES string of the molecule is Nc1nc(N)c2nc[n-]c2n1.[K+]. The molecule has 6 nitrogen and oxygen atoms in total. The Morgan fingerprint density at radius 1 is 1.25 bits per heavy atom. The summed E-state index contributed by atoms with van der Waals surface area (Å²) in [6, 6.07) is 0. The van der Waals surface area contributed by atoms with Crippen LogP contribution in [0, 0.1) is 0 Å². The Kier molecular flexibility index (Phi) is 3.02. The second-order valence-corrected chi connectivity index (χ2v) is 2.01. The molecule has 2 aromatic heterocycles. The first-order valence-corrected chi connectivity index (χ1v) is 2.94. The number of nitrogens with zero attached hydrogens (tertiary/aromatic N) is 4. The third kappa shape index (κ3) is 1.59. The number of hydrogen-bond donors (Lipinski definition) is 2. The Labute approximate surface area is 111 Å². The first-order valence-electron chi connectivity index (χ1n) is 2.94. The minimum Gasteiger partial charge on any atom is -0.383 e. The van der Waals surface area contributed by atoms with Gasteiger partial charge >= 0.3 is 51.4 Å². The first kappa shape index (κ1) is 9.87. The fraction of sp³-hybridized carbons (Fsp3) is 0. The molecule has 0 fully saturated rings. The number of imidazole rings is 1. The van der Waals surface area contributed by atoms with Gasteiger partial charge in [0, 0.05) is 11.2 Å². The number of fused-ring (bicyclic) bond motifs is 1. The first-order chi connectivity index (χ1) is 5.27. The number of nitrogen functional groups attached to an aromatic ring is 2. The van der Waals surface area contributed by atoms with Crippen LogP contribution in [-0.4, -0.2) is 15.0 Å². The van der Waals surface area contributed by atoms with E-state index in [1.807, 2.05) is 0 Å². The van der Waals surface area contributed by atoms with Gasteiger partial charge in [-0.3, -0.25) is 0 Å². The van der Waals surface area contributed by atoms with Crippen molar-refractivity contribution in [3.8, 4) is 0 Å². The predicted octanol–water partition coefficient (Wildman–Crippen LogP) is -3.85. The fourth-order valence-corrected chi connectivity index (χ4v) is 0.833. The topological polar surface area (TPSA) is 105 Å². The van der Waals surface area contributed by atoms with E-state index in [2.05, 4.69) is 19.9 Å². The Bertz CT molecular complexity index is 396. The maximum Gasteiger partial charge on any atom is 1.00 e. The summed E-state index contributed by atoms with van der Waals surface area (Å²) >= 11 is 0. The molecule has 2 aromatic rings. The molecule has 0 saturated carbocycles. The number of rotatable bonds is 0. The van der Waals surface area contributed by atoms with Crippen LogP contribution in [0.4, 0.5) is 11.8 Å². The normalized spacial score (nSPS) is 9.67. The molecule has 0 spiro atoms. The fourth-order valence-electron chi connectivity index (χ4n) is 0.833. The minimum atomic E-state index is 0. The zero-order valence-electron chi connectivity index (χ0n) is 6.52. The average molecular weight is 188 g/mol. The van der Waals surface area contributed by atoms with Gasteiger partial charge in [0.1, 0.15) is 11.8 Å². The van der Waals surface area contributed by atoms with Crippen LogP contribution in [0.15, 0.2) is 6.33 Å². The largest absolute Gasteiger partial charge is 1.00 e. The molecule has 0 radical (unpaired) electrons. The van der Waals surface area contributed by atoms with E-state index in [0.29, 0.717) is 11.2 Å². The summed E-state index contributed by atoms with van der Waals surface area (Å²) in [5.41, 5.74) is 11.7. The average Bonchev–Trinajstić information content (AvgIpc) is 2.34. The number of nitrogens with two attached hydrogens (primary N) is 2. The molecule has 0 aromatic carbocycles. The van der Waals surface area contributed by atoms with Crippen LogP contribution in [0.25, 0.3) is 11.2 Å². The number of hydrogen-bond acceptors (Lipinski definition) is 5. The van der Waals surface area contributed by atoms with Gasteiger partial charge in [-0.15, -0.1) is 0 Å². The molecule has 0 saturated heterocycles. The van der Waals surface area contributed by atoms with E-state index in [0.717, 1.165) is 0 Å². The van der Waals surface area contributed by atoms with Crippen molar-refractivity contribution in [3.05, 3.63) is 6.33 Å². The van der Waals surface area contributed by atoms with E-state index in [9.17, 15) is 0 Å². The zero-order chi connectivity index (χ0) is 7.84. The van der Waals surface area contributed by atoms with Crippen LogP contribution in [0.5, 0.6) is 0 Å². The van der Waals surface area contributed by atoms with Gasteiger partial charge in [0.25, 0.3) is 0 Å². The van der Waals surface area contributed by atoms with Gasteiger partial charge < -0.3 is 26.4 Å². The third-order valence-electron chi connectivity index (χ3n) is 1.28. The molecule has 12 heavy (non-hydrogen) atoms. The quantitative estimate of drug-likeness (QED) is 0.410. The predicted molar refractivity (Wildman–Crippen MR) is 39.5 cm³/mol. The molecule has 0 aliphatic rings. The third-order valence-corrected chi connectivity index (χ3v) is 1.28. The second-order valence-electron chi connectivity index (χ2n) is 2.01. The summed E-state index contributed by atoms with van der Waals surface area (Å²) in [7, 11) is 0. The summed E-state index contributed by atoms with van der Waals surface area (Å²) in [5.74, 6) is 0.389. The van der Waals surface area contributed by atoms with Crippen LogP contribution in [0.3, 0.4) is 0 Å². The smallest absolute Gasteiger partial charge is 0.383 e. The molecule has 0 bridgehead atoms. The molecule has 0 unspecified atom stereocenters. The van der Waals surface area contributed by atoms with Crippen molar-refractivity contribution >= 4 is 22.9 Å². The number of anilines is 2. The summed E-state index contributed by atoms with van der Waals surface area (Å²) in [5, 5.41) is 0. The van der Waals surface area contributed by atoms with Crippen LogP contribution < -0.4 is 67.8 Å². The van der Waals surface area contributed by atoms with Crippen molar-refractivity contribution < 1.29 is 51.4 Å². The molecular weight excluding hydrogens is 183 g/mol. The Hall–Kier alpha value is -0.214. The van der Waals surface area contributed by atoms with Crippen molar-refractivity contribution in [1.82, 2.24) is 19.9 Å². The monoisotopic (exact) mass is 188 g/mol. The molecule has 0 atom stereocenters. The van der Waals surface area contributed by atoms with Crippen molar-refractivity contribution in [3.63, 3.8) is 0 Å². The Balaban J connectivity index is 0.000000720. The second kappa shape index (κ2) is 3.67. The van der Waals surface area contributed by atoms with Crippen LogP contribution >= 0.6 is 0 Å². The summed E-state index contributed by atoms with van der Waals surface area (Å²) in [4.78, 5) is 15.2. The summed E-state index contributed by atoms with van der Waals surface area (Å²) < 4.78 is 0. The van der Waals surface area contributed by atoms with Gasteiger partial charge in [0.2, 0.25) is 0 Å². The standard InChI is InChI=1S/C5H5N6.K/c6-3-2-4(9-1-8-2)11-5(7)10-3;/h1H,(H4-,6,7,8,9,10,11);/q-1;+1. The van der Waals surface area contributed by atoms with E-state index < -0.39 is 0 Å². The molecule has 0 aliphatic heterocycles. The molecular formula is C5H5KN6. The van der Waals surface area contributed by atoms with E-state index >= 15 is 0 Å². The Morgan fingerprint density at radius 3 is 2.75 bits per heavy atom. The molecule has 0 amide bonds. The Morgan fingerprint density at radius 2 is 2.00 bits per heavy atom. The van der Waals surface area contributed by atoms with Crippen molar-refractivity contribution in [2.75, 3.05) is 11.5 Å². The van der Waals surface area contributed by atoms with Gasteiger partial charge in [-0.1, -0.05) is 0 Å². The van der Waals surface area contributed by atoms with Crippen LogP contribution in [0.2, 0.25) is 0 Å². The molecule has 7 heteroatoms. The van der Waals surface area contributed by atoms with Crippen molar-refractivity contribution in [2.24, 2.45) is 0 Å². The minimum absolute atomic E-state index is 0. The van der Waals surface area contributed by atoms with Gasteiger partial charge in [0.15, 0.2) is 0 Å². The van der Waals surface area contributed by atoms with E-state index in [1.165, 1.54) is 6.33 Å². The molecule has 2 heterocycles. The van der Waals surface area contributed by atoms with Crippen molar-refractivity contribution in [2.45, 2.75) is 0 Å². The molecule has 4 N–H and O–H groups in total. The summed E-state index contributed by atoms with van der Waals surface area (Å²) in [6.07, 6.45) is 1.37. The van der Waals surface area contributed by atoms with Gasteiger partial charge in [-0.2, -0.15) is 0 Å². The zero-order valence-corrected chi connectivity index (χ0v) is 9.64. The van der Waals surface area contributed by atoms with Crippen LogP contribution in [0.1, 0.15) is 0 Å². The van der Waals surface area contributed by atoms with E-state index in [-0.39, 0.29) is 63.2 Å². The van der Waals surface area contributed by atoms with Crippen LogP contribution in [-0.2, 0) is 0 Å². The van der Waals surface area contributed by atoms with Gasteiger partial charge in [0.05, 0.1) is 0 Å². The molecule has 56 valence electrons. The maximum absolute atomic E-state index is 5.47. The maximum atomic E-state index is 5.47. The van der Waals surface area contributed by atoms with Crippen molar-refractivity contribution in [1.29, 1.82) is 0 Å². The molecule has 2 rings (SSSR count). The summed E-state index contributed by atoms with van der Waals surface area (Å²) in [6.45, 7) is 0. The molecule has 0 aliphatic carbocycles. The van der Waals surface area contributed by atoms with Gasteiger partial charge in [-0.25, -0.2) is 4.98 Å².